The van der Waals surface area contributed by atoms with E-state index in [0.717, 1.165) is 21.7 Å². The van der Waals surface area contributed by atoms with Crippen LogP contribution >= 0.6 is 11.8 Å². The van der Waals surface area contributed by atoms with E-state index in [1.165, 1.54) is 0 Å². The highest BCUT2D eigenvalue weighted by molar-refractivity contribution is 8.00. The summed E-state index contributed by atoms with van der Waals surface area (Å²) in [6.07, 6.45) is -0.490. The molecule has 1 aliphatic heterocycles. The number of benzene rings is 2. The van der Waals surface area contributed by atoms with Crippen LogP contribution in [0.15, 0.2) is 53.4 Å². The largest absolute Gasteiger partial charge is 0.389 e. The summed E-state index contributed by atoms with van der Waals surface area (Å²) >= 11 is 1.54. The van der Waals surface area contributed by atoms with E-state index < -0.39 is 6.10 Å². The van der Waals surface area contributed by atoms with E-state index in [4.69, 9.17) is 0 Å². The van der Waals surface area contributed by atoms with Crippen LogP contribution in [0, 0.1) is 0 Å². The van der Waals surface area contributed by atoms with Crippen LogP contribution in [0.4, 0.5) is 5.69 Å². The number of amides is 1. The number of carbonyl (C=O) groups excluding carboxylic acids is 1. The van der Waals surface area contributed by atoms with Crippen LogP contribution in [0.25, 0.3) is 0 Å². The van der Waals surface area contributed by atoms with Crippen molar-refractivity contribution >= 4 is 23.4 Å². The highest BCUT2D eigenvalue weighted by Gasteiger charge is 2.25. The number of hydrogen-bond acceptors (Lipinski definition) is 3. The van der Waals surface area contributed by atoms with Crippen molar-refractivity contribution in [2.45, 2.75) is 24.5 Å². The average Bonchev–Trinajstić information content (AvgIpc) is 2.50. The third-order valence-electron chi connectivity index (χ3n) is 3.59. The molecule has 0 saturated heterocycles. The second-order valence-corrected chi connectivity index (χ2v) is 6.17. The Bertz CT molecular complexity index is 655. The maximum atomic E-state index is 12.2. The topological polar surface area (TPSA) is 40.5 Å². The van der Waals surface area contributed by atoms with Crippen molar-refractivity contribution in [3.63, 3.8) is 0 Å². The Labute approximate surface area is 128 Å². The standard InChI is InChI=1S/C17H17NO2S/c1-12(19)14-7-8-15-16(9-14)21-11-17(20)18(15)10-13-5-3-2-4-6-13/h2-9,12,19H,10-11H2,1H3. The van der Waals surface area contributed by atoms with Gasteiger partial charge >= 0.3 is 0 Å². The number of anilines is 1. The monoisotopic (exact) mass is 299 g/mol. The number of carbonyl (C=O) groups is 1. The molecular weight excluding hydrogens is 282 g/mol. The van der Waals surface area contributed by atoms with Gasteiger partial charge < -0.3 is 10.0 Å². The van der Waals surface area contributed by atoms with Gasteiger partial charge in [0, 0.05) is 4.90 Å². The fraction of sp³-hybridized carbons (Fsp3) is 0.235. The van der Waals surface area contributed by atoms with Crippen molar-refractivity contribution in [2.75, 3.05) is 10.7 Å². The molecule has 3 rings (SSSR count). The van der Waals surface area contributed by atoms with Gasteiger partial charge in [-0.15, -0.1) is 11.8 Å². The summed E-state index contributed by atoms with van der Waals surface area (Å²) in [5.74, 6) is 0.574. The molecule has 1 aliphatic rings. The summed E-state index contributed by atoms with van der Waals surface area (Å²) in [5, 5.41) is 9.69. The first-order valence-electron chi connectivity index (χ1n) is 6.94. The first kappa shape index (κ1) is 14.2. The number of aliphatic hydroxyl groups excluding tert-OH is 1. The van der Waals surface area contributed by atoms with Crippen LogP contribution in [-0.2, 0) is 11.3 Å². The maximum absolute atomic E-state index is 12.2. The highest BCUT2D eigenvalue weighted by Crippen LogP contribution is 2.37. The fourth-order valence-electron chi connectivity index (χ4n) is 2.42. The Morgan fingerprint density at radius 1 is 1.24 bits per heavy atom. The zero-order chi connectivity index (χ0) is 14.8. The molecule has 0 aliphatic carbocycles. The van der Waals surface area contributed by atoms with Gasteiger partial charge in [0.15, 0.2) is 0 Å². The van der Waals surface area contributed by atoms with Crippen LogP contribution < -0.4 is 4.90 Å². The molecule has 21 heavy (non-hydrogen) atoms. The van der Waals surface area contributed by atoms with Crippen molar-refractivity contribution < 1.29 is 9.90 Å². The van der Waals surface area contributed by atoms with Crippen molar-refractivity contribution in [3.8, 4) is 0 Å². The lowest BCUT2D eigenvalue weighted by Gasteiger charge is -2.29. The van der Waals surface area contributed by atoms with Gasteiger partial charge in [0.25, 0.3) is 0 Å². The lowest BCUT2D eigenvalue weighted by molar-refractivity contribution is -0.116. The fourth-order valence-corrected chi connectivity index (χ4v) is 3.40. The SMILES string of the molecule is CC(O)c1ccc2c(c1)SCC(=O)N2Cc1ccccc1. The van der Waals surface area contributed by atoms with Crippen molar-refractivity contribution in [1.29, 1.82) is 0 Å². The maximum Gasteiger partial charge on any atom is 0.237 e. The molecule has 0 aromatic heterocycles. The second kappa shape index (κ2) is 5.92. The first-order valence-corrected chi connectivity index (χ1v) is 7.93. The van der Waals surface area contributed by atoms with Gasteiger partial charge in [-0.3, -0.25) is 4.79 Å². The van der Waals surface area contributed by atoms with Crippen LogP contribution in [0.2, 0.25) is 0 Å². The third-order valence-corrected chi connectivity index (χ3v) is 4.62. The zero-order valence-electron chi connectivity index (χ0n) is 11.8. The summed E-state index contributed by atoms with van der Waals surface area (Å²) in [5.41, 5.74) is 2.93. The molecule has 3 nitrogen and oxygen atoms in total. The van der Waals surface area contributed by atoms with Gasteiger partial charge in [0.05, 0.1) is 24.1 Å². The minimum absolute atomic E-state index is 0.126. The zero-order valence-corrected chi connectivity index (χ0v) is 12.6. The lowest BCUT2D eigenvalue weighted by atomic mass is 10.1. The van der Waals surface area contributed by atoms with E-state index in [1.54, 1.807) is 18.7 Å². The Morgan fingerprint density at radius 2 is 2.00 bits per heavy atom. The molecule has 1 atom stereocenters. The molecule has 0 radical (unpaired) electrons. The molecule has 108 valence electrons. The summed E-state index contributed by atoms with van der Waals surface area (Å²) in [7, 11) is 0. The molecule has 0 fully saturated rings. The van der Waals surface area contributed by atoms with Gasteiger partial charge in [0.2, 0.25) is 5.91 Å². The minimum atomic E-state index is -0.490. The molecule has 1 unspecified atom stereocenters. The predicted octanol–water partition coefficient (Wildman–Crippen LogP) is 3.38. The van der Waals surface area contributed by atoms with Crippen LogP contribution in [0.1, 0.15) is 24.2 Å². The quantitative estimate of drug-likeness (QED) is 0.944. The Kier molecular flexibility index (Phi) is 3.99. The molecule has 1 N–H and O–H groups in total. The summed E-state index contributed by atoms with van der Waals surface area (Å²) in [4.78, 5) is 15.1. The minimum Gasteiger partial charge on any atom is -0.389 e. The van der Waals surface area contributed by atoms with E-state index >= 15 is 0 Å². The van der Waals surface area contributed by atoms with E-state index in [1.807, 2.05) is 53.4 Å². The normalized spacial score (nSPS) is 15.7. The van der Waals surface area contributed by atoms with Gasteiger partial charge in [-0.2, -0.15) is 0 Å². The van der Waals surface area contributed by atoms with Crippen LogP contribution in [0.3, 0.4) is 0 Å². The molecular formula is C17H17NO2S. The summed E-state index contributed by atoms with van der Waals surface area (Å²) in [6.45, 7) is 2.34. The van der Waals surface area contributed by atoms with Gasteiger partial charge in [0.1, 0.15) is 0 Å². The Morgan fingerprint density at radius 3 is 2.71 bits per heavy atom. The number of nitrogens with zero attached hydrogens (tertiary/aromatic N) is 1. The molecule has 0 spiro atoms. The van der Waals surface area contributed by atoms with E-state index in [2.05, 4.69) is 0 Å². The van der Waals surface area contributed by atoms with Crippen LogP contribution in [-0.4, -0.2) is 16.8 Å². The lowest BCUT2D eigenvalue weighted by Crippen LogP contribution is -2.34. The first-order chi connectivity index (χ1) is 10.1. The van der Waals surface area contributed by atoms with Crippen molar-refractivity contribution in [1.82, 2.24) is 0 Å². The summed E-state index contributed by atoms with van der Waals surface area (Å²) < 4.78 is 0. The Balaban J connectivity index is 1.94. The van der Waals surface area contributed by atoms with E-state index in [-0.39, 0.29) is 5.91 Å². The van der Waals surface area contributed by atoms with Crippen molar-refractivity contribution in [3.05, 3.63) is 59.7 Å². The second-order valence-electron chi connectivity index (χ2n) is 5.16. The summed E-state index contributed by atoms with van der Waals surface area (Å²) in [6, 6.07) is 15.8. The molecule has 1 amide bonds. The Hall–Kier alpha value is -1.78. The number of thioether (sulfide) groups is 1. The third kappa shape index (κ3) is 2.96. The van der Waals surface area contributed by atoms with Crippen molar-refractivity contribution in [2.24, 2.45) is 0 Å². The molecule has 2 aromatic carbocycles. The predicted molar refractivity (Wildman–Crippen MR) is 85.4 cm³/mol. The van der Waals surface area contributed by atoms with E-state index in [0.29, 0.717) is 12.3 Å². The molecule has 1 heterocycles. The number of fused-ring (bicyclic) bond motifs is 1. The average molecular weight is 299 g/mol. The number of rotatable bonds is 3. The smallest absolute Gasteiger partial charge is 0.237 e. The molecule has 4 heteroatoms. The molecule has 0 saturated carbocycles. The van der Waals surface area contributed by atoms with Gasteiger partial charge in [-0.1, -0.05) is 36.4 Å². The number of aliphatic hydroxyl groups is 1. The molecule has 2 aromatic rings. The van der Waals surface area contributed by atoms with Gasteiger partial charge in [-0.05, 0) is 30.2 Å². The van der Waals surface area contributed by atoms with E-state index in [9.17, 15) is 9.90 Å². The molecule has 0 bridgehead atoms. The van der Waals surface area contributed by atoms with Crippen LogP contribution in [0.5, 0.6) is 0 Å². The highest BCUT2D eigenvalue weighted by atomic mass is 32.2. The number of hydrogen-bond donors (Lipinski definition) is 1. The van der Waals surface area contributed by atoms with Gasteiger partial charge in [-0.25, -0.2) is 0 Å².